The summed E-state index contributed by atoms with van der Waals surface area (Å²) in [5, 5.41) is 7.66. The van der Waals surface area contributed by atoms with Crippen molar-refractivity contribution in [2.45, 2.75) is 65.5 Å². The molecule has 194 valence electrons. The van der Waals surface area contributed by atoms with Crippen LogP contribution in [0.3, 0.4) is 0 Å². The number of Topliss-reactive ketones (excluding diaryl/α,β-unsaturated/α-hetero) is 1. The molecule has 10 heteroatoms. The van der Waals surface area contributed by atoms with Crippen LogP contribution in [0.15, 0.2) is 24.4 Å². The van der Waals surface area contributed by atoms with Crippen LogP contribution in [-0.2, 0) is 19.1 Å². The lowest BCUT2D eigenvalue weighted by Crippen LogP contribution is -2.59. The fourth-order valence-corrected chi connectivity index (χ4v) is 3.86. The third kappa shape index (κ3) is 9.73. The molecule has 2 atom stereocenters. The van der Waals surface area contributed by atoms with Gasteiger partial charge in [-0.05, 0) is 43.2 Å². The fourth-order valence-electron chi connectivity index (χ4n) is 3.86. The van der Waals surface area contributed by atoms with Gasteiger partial charge in [0.25, 0.3) is 0 Å². The van der Waals surface area contributed by atoms with E-state index >= 15 is 0 Å². The highest BCUT2D eigenvalue weighted by atomic mass is 16.5. The van der Waals surface area contributed by atoms with Gasteiger partial charge in [-0.2, -0.15) is 0 Å². The van der Waals surface area contributed by atoms with Crippen molar-refractivity contribution in [1.82, 2.24) is 26.1 Å². The SMILES string of the molecule is CC(C)CC(=O)NCCCN1NCCC[C@H]1C(=O)N[C@H](C(=O)COC(=O)c1ccccn1)C(C)C. The van der Waals surface area contributed by atoms with Crippen molar-refractivity contribution in [2.24, 2.45) is 11.8 Å². The summed E-state index contributed by atoms with van der Waals surface area (Å²) in [7, 11) is 0. The smallest absolute Gasteiger partial charge is 0.357 e. The van der Waals surface area contributed by atoms with Crippen molar-refractivity contribution in [3.05, 3.63) is 30.1 Å². The van der Waals surface area contributed by atoms with Crippen molar-refractivity contribution in [3.63, 3.8) is 0 Å². The molecule has 0 saturated carbocycles. The number of hydrazine groups is 1. The number of nitrogens with one attached hydrogen (secondary N) is 3. The quantitative estimate of drug-likeness (QED) is 0.281. The van der Waals surface area contributed by atoms with Crippen LogP contribution in [0.4, 0.5) is 0 Å². The van der Waals surface area contributed by atoms with Gasteiger partial charge in [0.15, 0.2) is 12.4 Å². The van der Waals surface area contributed by atoms with Crippen LogP contribution in [-0.4, -0.2) is 71.9 Å². The number of carbonyl (C=O) groups is 4. The third-order valence-corrected chi connectivity index (χ3v) is 5.67. The van der Waals surface area contributed by atoms with Gasteiger partial charge in [0, 0.05) is 32.3 Å². The van der Waals surface area contributed by atoms with Gasteiger partial charge in [0.1, 0.15) is 11.7 Å². The van der Waals surface area contributed by atoms with Gasteiger partial charge >= 0.3 is 5.97 Å². The molecule has 10 nitrogen and oxygen atoms in total. The molecular formula is C25H39N5O5. The molecule has 1 fully saturated rings. The van der Waals surface area contributed by atoms with Gasteiger partial charge in [0.2, 0.25) is 11.8 Å². The lowest BCUT2D eigenvalue weighted by molar-refractivity contribution is -0.135. The summed E-state index contributed by atoms with van der Waals surface area (Å²) in [6.45, 7) is 9.11. The van der Waals surface area contributed by atoms with E-state index in [9.17, 15) is 19.2 Å². The summed E-state index contributed by atoms with van der Waals surface area (Å²) >= 11 is 0. The van der Waals surface area contributed by atoms with Crippen LogP contribution < -0.4 is 16.1 Å². The maximum atomic E-state index is 13.1. The highest BCUT2D eigenvalue weighted by Crippen LogP contribution is 2.13. The largest absolute Gasteiger partial charge is 0.453 e. The minimum Gasteiger partial charge on any atom is -0.453 e. The predicted molar refractivity (Wildman–Crippen MR) is 131 cm³/mol. The molecule has 0 aromatic carbocycles. The van der Waals surface area contributed by atoms with Crippen molar-refractivity contribution in [1.29, 1.82) is 0 Å². The van der Waals surface area contributed by atoms with E-state index in [0.29, 0.717) is 38.3 Å². The molecule has 1 aliphatic heterocycles. The Morgan fingerprint density at radius 1 is 1.20 bits per heavy atom. The molecule has 0 radical (unpaired) electrons. The number of hydrogen-bond donors (Lipinski definition) is 3. The zero-order chi connectivity index (χ0) is 25.8. The Bertz CT molecular complexity index is 846. The van der Waals surface area contributed by atoms with Crippen LogP contribution in [0.2, 0.25) is 0 Å². The summed E-state index contributed by atoms with van der Waals surface area (Å²) < 4.78 is 5.12. The molecule has 0 unspecified atom stereocenters. The number of ether oxygens (including phenoxy) is 1. The standard InChI is InChI=1S/C25H39N5O5/c1-17(2)15-22(32)27-12-8-14-30-20(10-7-13-28-30)24(33)29-23(18(3)4)21(31)16-35-25(34)19-9-5-6-11-26-19/h5-6,9,11,17-18,20,23,28H,7-8,10,12-16H2,1-4H3,(H,27,32)(H,29,33)/t20-,23-/m0/s1. The van der Waals surface area contributed by atoms with E-state index in [1.54, 1.807) is 12.1 Å². The minimum atomic E-state index is -0.780. The molecule has 2 amide bonds. The third-order valence-electron chi connectivity index (χ3n) is 5.67. The first-order valence-electron chi connectivity index (χ1n) is 12.4. The summed E-state index contributed by atoms with van der Waals surface area (Å²) in [6, 6.07) is 3.64. The van der Waals surface area contributed by atoms with Crippen LogP contribution in [0.25, 0.3) is 0 Å². The van der Waals surface area contributed by atoms with Gasteiger partial charge in [-0.25, -0.2) is 14.8 Å². The second kappa shape index (κ2) is 14.5. The van der Waals surface area contributed by atoms with Crippen molar-refractivity contribution >= 4 is 23.6 Å². The zero-order valence-electron chi connectivity index (χ0n) is 21.2. The van der Waals surface area contributed by atoms with Gasteiger partial charge in [-0.15, -0.1) is 0 Å². The number of rotatable bonds is 13. The van der Waals surface area contributed by atoms with E-state index < -0.39 is 24.7 Å². The Balaban J connectivity index is 1.87. The fraction of sp³-hybridized carbons (Fsp3) is 0.640. The van der Waals surface area contributed by atoms with Gasteiger partial charge in [-0.1, -0.05) is 33.8 Å². The lowest BCUT2D eigenvalue weighted by Gasteiger charge is -2.36. The van der Waals surface area contributed by atoms with Gasteiger partial charge in [-0.3, -0.25) is 19.8 Å². The first-order valence-corrected chi connectivity index (χ1v) is 12.4. The minimum absolute atomic E-state index is 0.0305. The molecule has 35 heavy (non-hydrogen) atoms. The molecule has 0 bridgehead atoms. The Morgan fingerprint density at radius 3 is 2.63 bits per heavy atom. The predicted octanol–water partition coefficient (Wildman–Crippen LogP) is 1.47. The van der Waals surface area contributed by atoms with Crippen LogP contribution in [0.5, 0.6) is 0 Å². The van der Waals surface area contributed by atoms with E-state index in [-0.39, 0.29) is 29.2 Å². The van der Waals surface area contributed by atoms with Gasteiger partial charge in [0.05, 0.1) is 6.04 Å². The molecule has 1 aromatic heterocycles. The molecular weight excluding hydrogens is 450 g/mol. The molecule has 2 heterocycles. The number of carbonyl (C=O) groups excluding carboxylic acids is 4. The Morgan fingerprint density at radius 2 is 1.97 bits per heavy atom. The summed E-state index contributed by atoms with van der Waals surface area (Å²) in [5.74, 6) is -1.15. The molecule has 1 aliphatic rings. The van der Waals surface area contributed by atoms with Crippen LogP contribution >= 0.6 is 0 Å². The number of hydrogen-bond acceptors (Lipinski definition) is 8. The summed E-state index contributed by atoms with van der Waals surface area (Å²) in [4.78, 5) is 53.8. The van der Waals surface area contributed by atoms with E-state index in [1.807, 2.05) is 32.7 Å². The number of nitrogens with zero attached hydrogens (tertiary/aromatic N) is 2. The first kappa shape index (κ1) is 28.4. The number of aromatic nitrogens is 1. The Labute approximate surface area is 207 Å². The van der Waals surface area contributed by atoms with E-state index in [1.165, 1.54) is 12.3 Å². The first-order chi connectivity index (χ1) is 16.7. The van der Waals surface area contributed by atoms with Crippen LogP contribution in [0.1, 0.15) is 63.9 Å². The average molecular weight is 490 g/mol. The number of pyridine rings is 1. The average Bonchev–Trinajstić information content (AvgIpc) is 2.83. The molecule has 1 saturated heterocycles. The van der Waals surface area contributed by atoms with Crippen molar-refractivity contribution < 1.29 is 23.9 Å². The van der Waals surface area contributed by atoms with Gasteiger partial charge < -0.3 is 15.4 Å². The molecule has 0 spiro atoms. The summed E-state index contributed by atoms with van der Waals surface area (Å²) in [6.07, 6.45) is 4.15. The maximum absolute atomic E-state index is 13.1. The second-order valence-electron chi connectivity index (χ2n) is 9.55. The Kier molecular flexibility index (Phi) is 11.8. The molecule has 2 rings (SSSR count). The maximum Gasteiger partial charge on any atom is 0.357 e. The zero-order valence-corrected chi connectivity index (χ0v) is 21.2. The van der Waals surface area contributed by atoms with E-state index in [2.05, 4.69) is 21.0 Å². The van der Waals surface area contributed by atoms with Crippen molar-refractivity contribution in [3.8, 4) is 0 Å². The van der Waals surface area contributed by atoms with Crippen LogP contribution in [0, 0.1) is 11.8 Å². The van der Waals surface area contributed by atoms with Crippen molar-refractivity contribution in [2.75, 3.05) is 26.2 Å². The number of esters is 1. The molecule has 1 aromatic rings. The topological polar surface area (TPSA) is 130 Å². The molecule has 0 aliphatic carbocycles. The number of ketones is 1. The molecule has 3 N–H and O–H groups in total. The highest BCUT2D eigenvalue weighted by molar-refractivity contribution is 5.94. The number of amides is 2. The Hall–Kier alpha value is -2.85. The normalized spacial score (nSPS) is 17.1. The highest BCUT2D eigenvalue weighted by Gasteiger charge is 2.32. The monoisotopic (exact) mass is 489 g/mol. The van der Waals surface area contributed by atoms with E-state index in [0.717, 1.165) is 13.0 Å². The second-order valence-corrected chi connectivity index (χ2v) is 9.55. The van der Waals surface area contributed by atoms with E-state index in [4.69, 9.17) is 4.74 Å². The summed E-state index contributed by atoms with van der Waals surface area (Å²) in [5.41, 5.74) is 3.38. The lowest BCUT2D eigenvalue weighted by atomic mass is 9.98.